The van der Waals surface area contributed by atoms with Gasteiger partial charge in [0.1, 0.15) is 0 Å². The molecule has 2 aliphatic rings. The van der Waals surface area contributed by atoms with E-state index in [0.717, 1.165) is 57.0 Å². The second-order valence-corrected chi connectivity index (χ2v) is 8.73. The van der Waals surface area contributed by atoms with E-state index in [2.05, 4.69) is 61.7 Å². The van der Waals surface area contributed by atoms with E-state index in [1.165, 1.54) is 5.69 Å². The van der Waals surface area contributed by atoms with Crippen LogP contribution in [0.15, 0.2) is 48.5 Å². The summed E-state index contributed by atoms with van der Waals surface area (Å²) in [6, 6.07) is 16.6. The summed E-state index contributed by atoms with van der Waals surface area (Å²) in [5.74, 6) is 2.24. The van der Waals surface area contributed by atoms with E-state index in [-0.39, 0.29) is 12.1 Å². The predicted octanol–water partition coefficient (Wildman–Crippen LogP) is 2.78. The van der Waals surface area contributed by atoms with Gasteiger partial charge in [-0.3, -0.25) is 4.90 Å². The van der Waals surface area contributed by atoms with Crippen molar-refractivity contribution in [3.05, 3.63) is 59.9 Å². The van der Waals surface area contributed by atoms with E-state index in [9.17, 15) is 0 Å². The fourth-order valence-electron chi connectivity index (χ4n) is 4.94. The van der Waals surface area contributed by atoms with Crippen LogP contribution in [0.1, 0.15) is 30.3 Å². The molecule has 34 heavy (non-hydrogen) atoms. The molecule has 0 saturated carbocycles. The molecule has 2 aliphatic heterocycles. The quantitative estimate of drug-likeness (QED) is 0.504. The standard InChI is InChI=1S/C25H32N6O3/c1-32-22-11-10-19(17-23(22)33-2)24(25-26-27-28-31(25)18-21-9-6-16-34-21)30-14-12-29(13-15-30)20-7-4-3-5-8-20/h3-5,7-8,10-11,17,21,24H,6,9,12-16,18H2,1-2H3/t21-,24-/m1/s1. The van der Waals surface area contributed by atoms with Crippen LogP contribution in [-0.4, -0.2) is 78.2 Å². The van der Waals surface area contributed by atoms with Crippen LogP contribution in [0.25, 0.3) is 0 Å². The van der Waals surface area contributed by atoms with Crippen LogP contribution in [0, 0.1) is 0 Å². The smallest absolute Gasteiger partial charge is 0.173 e. The van der Waals surface area contributed by atoms with Crippen molar-refractivity contribution in [3.63, 3.8) is 0 Å². The van der Waals surface area contributed by atoms with E-state index in [4.69, 9.17) is 14.2 Å². The van der Waals surface area contributed by atoms with Crippen molar-refractivity contribution >= 4 is 5.69 Å². The van der Waals surface area contributed by atoms with E-state index in [0.29, 0.717) is 18.0 Å². The van der Waals surface area contributed by atoms with E-state index in [1.54, 1.807) is 14.2 Å². The summed E-state index contributed by atoms with van der Waals surface area (Å²) >= 11 is 0. The van der Waals surface area contributed by atoms with Crippen molar-refractivity contribution in [1.29, 1.82) is 0 Å². The molecule has 0 aliphatic carbocycles. The van der Waals surface area contributed by atoms with Gasteiger partial charge in [-0.05, 0) is 53.1 Å². The van der Waals surface area contributed by atoms with Gasteiger partial charge >= 0.3 is 0 Å². The minimum atomic E-state index is -0.103. The average Bonchev–Trinajstić information content (AvgIpc) is 3.58. The number of aromatic nitrogens is 4. The summed E-state index contributed by atoms with van der Waals surface area (Å²) in [5.41, 5.74) is 2.34. The lowest BCUT2D eigenvalue weighted by Crippen LogP contribution is -2.48. The van der Waals surface area contributed by atoms with Crippen molar-refractivity contribution in [2.75, 3.05) is 51.9 Å². The number of ether oxygens (including phenoxy) is 3. The fraction of sp³-hybridized carbons (Fsp3) is 0.480. The lowest BCUT2D eigenvalue weighted by Gasteiger charge is -2.40. The van der Waals surface area contributed by atoms with Crippen LogP contribution >= 0.6 is 0 Å². The molecular weight excluding hydrogens is 432 g/mol. The Bertz CT molecular complexity index is 1060. The second-order valence-electron chi connectivity index (χ2n) is 8.73. The lowest BCUT2D eigenvalue weighted by atomic mass is 10.0. The Morgan fingerprint density at radius 2 is 1.79 bits per heavy atom. The van der Waals surface area contributed by atoms with E-state index >= 15 is 0 Å². The molecular formula is C25H32N6O3. The third-order valence-corrected chi connectivity index (χ3v) is 6.73. The predicted molar refractivity (Wildman–Crippen MR) is 128 cm³/mol. The van der Waals surface area contributed by atoms with Crippen molar-refractivity contribution in [1.82, 2.24) is 25.1 Å². The summed E-state index contributed by atoms with van der Waals surface area (Å²) in [6.45, 7) is 5.11. The SMILES string of the molecule is COc1ccc([C@H](c2nnnn2C[C@H]2CCCO2)N2CCN(c3ccccc3)CC2)cc1OC. The number of tetrazole rings is 1. The zero-order valence-electron chi connectivity index (χ0n) is 19.8. The molecule has 9 nitrogen and oxygen atoms in total. The van der Waals surface area contributed by atoms with Gasteiger partial charge < -0.3 is 19.1 Å². The van der Waals surface area contributed by atoms with Gasteiger partial charge in [0.2, 0.25) is 0 Å². The molecule has 9 heteroatoms. The van der Waals surface area contributed by atoms with Crippen LogP contribution in [0.3, 0.4) is 0 Å². The molecule has 0 unspecified atom stereocenters. The Kier molecular flexibility index (Phi) is 6.92. The molecule has 2 saturated heterocycles. The van der Waals surface area contributed by atoms with Crippen molar-refractivity contribution in [2.24, 2.45) is 0 Å². The molecule has 0 N–H and O–H groups in total. The number of nitrogens with zero attached hydrogens (tertiary/aromatic N) is 6. The van der Waals surface area contributed by atoms with Gasteiger partial charge in [0.05, 0.1) is 32.9 Å². The Balaban J connectivity index is 1.44. The number of hydrogen-bond donors (Lipinski definition) is 0. The first kappa shape index (κ1) is 22.6. The molecule has 5 rings (SSSR count). The highest BCUT2D eigenvalue weighted by Crippen LogP contribution is 2.35. The Hall–Kier alpha value is -3.17. The van der Waals surface area contributed by atoms with Gasteiger partial charge in [-0.25, -0.2) is 4.68 Å². The minimum absolute atomic E-state index is 0.103. The van der Waals surface area contributed by atoms with E-state index < -0.39 is 0 Å². The first-order chi connectivity index (χ1) is 16.8. The third-order valence-electron chi connectivity index (χ3n) is 6.73. The molecule has 0 bridgehead atoms. The number of para-hydroxylation sites is 1. The first-order valence-electron chi connectivity index (χ1n) is 11.9. The molecule has 1 aromatic heterocycles. The van der Waals surface area contributed by atoms with E-state index in [1.807, 2.05) is 16.8 Å². The number of piperazine rings is 1. The Labute approximate surface area is 200 Å². The molecule has 0 spiro atoms. The van der Waals surface area contributed by atoms with Crippen molar-refractivity contribution in [3.8, 4) is 11.5 Å². The molecule has 0 radical (unpaired) electrons. The summed E-state index contributed by atoms with van der Waals surface area (Å²) in [5, 5.41) is 12.9. The van der Waals surface area contributed by atoms with Gasteiger partial charge in [0.25, 0.3) is 0 Å². The minimum Gasteiger partial charge on any atom is -0.493 e. The first-order valence-corrected chi connectivity index (χ1v) is 11.9. The van der Waals surface area contributed by atoms with Crippen LogP contribution < -0.4 is 14.4 Å². The average molecular weight is 465 g/mol. The summed E-state index contributed by atoms with van der Waals surface area (Å²) in [7, 11) is 3.32. The number of benzene rings is 2. The van der Waals surface area contributed by atoms with Gasteiger partial charge in [-0.2, -0.15) is 0 Å². The third kappa shape index (κ3) is 4.71. The summed E-state index contributed by atoms with van der Waals surface area (Å²) in [6.07, 6.45) is 2.28. The maximum absolute atomic E-state index is 5.87. The van der Waals surface area contributed by atoms with Gasteiger partial charge in [0, 0.05) is 38.5 Å². The summed E-state index contributed by atoms with van der Waals surface area (Å²) in [4.78, 5) is 4.88. The summed E-state index contributed by atoms with van der Waals surface area (Å²) < 4.78 is 18.9. The Morgan fingerprint density at radius 3 is 2.50 bits per heavy atom. The largest absolute Gasteiger partial charge is 0.493 e. The lowest BCUT2D eigenvalue weighted by molar-refractivity contribution is 0.0906. The zero-order valence-corrected chi connectivity index (χ0v) is 19.8. The number of anilines is 1. The molecule has 2 atom stereocenters. The normalized spacial score (nSPS) is 19.8. The molecule has 3 heterocycles. The number of rotatable bonds is 8. The highest BCUT2D eigenvalue weighted by molar-refractivity contribution is 5.47. The van der Waals surface area contributed by atoms with Crippen LogP contribution in [0.5, 0.6) is 11.5 Å². The molecule has 2 fully saturated rings. The molecule has 3 aromatic rings. The highest BCUT2D eigenvalue weighted by atomic mass is 16.5. The fourth-order valence-corrected chi connectivity index (χ4v) is 4.94. The maximum atomic E-state index is 5.87. The number of hydrogen-bond acceptors (Lipinski definition) is 8. The van der Waals surface area contributed by atoms with Crippen LogP contribution in [0.2, 0.25) is 0 Å². The van der Waals surface area contributed by atoms with Gasteiger partial charge in [-0.1, -0.05) is 24.3 Å². The number of methoxy groups -OCH3 is 2. The van der Waals surface area contributed by atoms with Crippen LogP contribution in [-0.2, 0) is 11.3 Å². The maximum Gasteiger partial charge on any atom is 0.173 e. The zero-order chi connectivity index (χ0) is 23.3. The van der Waals surface area contributed by atoms with Gasteiger partial charge in [-0.15, -0.1) is 5.10 Å². The van der Waals surface area contributed by atoms with Crippen molar-refractivity contribution < 1.29 is 14.2 Å². The van der Waals surface area contributed by atoms with Crippen LogP contribution in [0.4, 0.5) is 5.69 Å². The second kappa shape index (κ2) is 10.4. The topological polar surface area (TPSA) is 77.8 Å². The highest BCUT2D eigenvalue weighted by Gasteiger charge is 2.32. The Morgan fingerprint density at radius 1 is 1.00 bits per heavy atom. The molecule has 2 aromatic carbocycles. The monoisotopic (exact) mass is 464 g/mol. The molecule has 180 valence electrons. The van der Waals surface area contributed by atoms with Crippen molar-refractivity contribution in [2.45, 2.75) is 31.5 Å². The van der Waals surface area contributed by atoms with Gasteiger partial charge in [0.15, 0.2) is 17.3 Å². The molecule has 0 amide bonds.